The van der Waals surface area contributed by atoms with Crippen molar-refractivity contribution in [2.45, 2.75) is 18.4 Å². The average molecular weight is 300 g/mol. The molecule has 1 aliphatic heterocycles. The van der Waals surface area contributed by atoms with Crippen LogP contribution in [0.15, 0.2) is 24.3 Å². The van der Waals surface area contributed by atoms with Crippen LogP contribution in [0.2, 0.25) is 0 Å². The van der Waals surface area contributed by atoms with Gasteiger partial charge in [0.1, 0.15) is 0 Å². The highest BCUT2D eigenvalue weighted by molar-refractivity contribution is 7.88. The van der Waals surface area contributed by atoms with Crippen LogP contribution in [-0.2, 0) is 27.1 Å². The van der Waals surface area contributed by atoms with E-state index in [0.717, 1.165) is 11.1 Å². The molecule has 1 heterocycles. The summed E-state index contributed by atoms with van der Waals surface area (Å²) in [7, 11) is -3.40. The second-order valence-electron chi connectivity index (χ2n) is 4.81. The molecular weight excluding hydrogens is 280 g/mol. The number of ether oxygens (including phenoxy) is 1. The summed E-state index contributed by atoms with van der Waals surface area (Å²) in [4.78, 5) is 0. The lowest BCUT2D eigenvalue weighted by Gasteiger charge is -2.31. The third kappa shape index (κ3) is 3.77. The zero-order valence-electron chi connectivity index (χ0n) is 11.2. The van der Waals surface area contributed by atoms with Crippen molar-refractivity contribution in [2.75, 3.05) is 26.3 Å². The van der Waals surface area contributed by atoms with Crippen molar-refractivity contribution in [3.05, 3.63) is 35.4 Å². The number of morpholine rings is 1. The highest BCUT2D eigenvalue weighted by Gasteiger charge is 2.29. The van der Waals surface area contributed by atoms with Crippen LogP contribution >= 0.6 is 0 Å². The number of nitrogens with two attached hydrogens (primary N) is 1. The minimum atomic E-state index is -3.40. The van der Waals surface area contributed by atoms with E-state index < -0.39 is 16.1 Å². The van der Waals surface area contributed by atoms with E-state index in [9.17, 15) is 8.42 Å². The van der Waals surface area contributed by atoms with Crippen LogP contribution < -0.4 is 5.73 Å². The summed E-state index contributed by atoms with van der Waals surface area (Å²) in [6, 6.07) is 7.26. The molecule has 1 atom stereocenters. The maximum absolute atomic E-state index is 12.4. The fraction of sp³-hybridized carbons (Fsp3) is 0.538. The molecule has 20 heavy (non-hydrogen) atoms. The Morgan fingerprint density at radius 1 is 1.40 bits per heavy atom. The van der Waals surface area contributed by atoms with Crippen LogP contribution in [0.3, 0.4) is 0 Å². The minimum Gasteiger partial charge on any atom is -0.394 e. The first kappa shape index (κ1) is 15.4. The summed E-state index contributed by atoms with van der Waals surface area (Å²) < 4.78 is 31.4. The van der Waals surface area contributed by atoms with Gasteiger partial charge < -0.3 is 15.6 Å². The first-order valence-electron chi connectivity index (χ1n) is 6.53. The summed E-state index contributed by atoms with van der Waals surface area (Å²) in [5.41, 5.74) is 7.19. The Bertz CT molecular complexity index is 547. The van der Waals surface area contributed by atoms with Gasteiger partial charge in [0, 0.05) is 19.6 Å². The maximum Gasteiger partial charge on any atom is 0.218 e. The average Bonchev–Trinajstić information content (AvgIpc) is 2.47. The van der Waals surface area contributed by atoms with Crippen molar-refractivity contribution in [2.24, 2.45) is 5.73 Å². The highest BCUT2D eigenvalue weighted by atomic mass is 32.2. The first-order valence-corrected chi connectivity index (χ1v) is 8.14. The predicted octanol–water partition coefficient (Wildman–Crippen LogP) is -0.332. The van der Waals surface area contributed by atoms with E-state index in [-0.39, 0.29) is 18.9 Å². The van der Waals surface area contributed by atoms with Gasteiger partial charge in [-0.2, -0.15) is 4.31 Å². The zero-order valence-corrected chi connectivity index (χ0v) is 12.1. The molecule has 2 rings (SSSR count). The summed E-state index contributed by atoms with van der Waals surface area (Å²) in [6.07, 6.45) is -0.436. The number of hydrogen-bond donors (Lipinski definition) is 2. The van der Waals surface area contributed by atoms with E-state index in [0.29, 0.717) is 19.7 Å². The lowest BCUT2D eigenvalue weighted by atomic mass is 10.1. The quantitative estimate of drug-likeness (QED) is 0.776. The fourth-order valence-electron chi connectivity index (χ4n) is 2.20. The Hall–Kier alpha value is -0.990. The smallest absolute Gasteiger partial charge is 0.218 e. The fourth-order valence-corrected chi connectivity index (χ4v) is 3.73. The van der Waals surface area contributed by atoms with Crippen LogP contribution in [0.25, 0.3) is 0 Å². The molecule has 0 aliphatic carbocycles. The van der Waals surface area contributed by atoms with Crippen LogP contribution in [0.5, 0.6) is 0 Å². The largest absolute Gasteiger partial charge is 0.394 e. The van der Waals surface area contributed by atoms with Crippen LogP contribution in [0.1, 0.15) is 11.1 Å². The van der Waals surface area contributed by atoms with Crippen molar-refractivity contribution >= 4 is 10.0 Å². The van der Waals surface area contributed by atoms with E-state index in [2.05, 4.69) is 0 Å². The van der Waals surface area contributed by atoms with Crippen molar-refractivity contribution < 1.29 is 18.3 Å². The Morgan fingerprint density at radius 3 is 2.85 bits per heavy atom. The number of benzene rings is 1. The molecule has 0 saturated carbocycles. The normalized spacial score (nSPS) is 21.0. The second-order valence-corrected chi connectivity index (χ2v) is 6.78. The van der Waals surface area contributed by atoms with Crippen molar-refractivity contribution in [1.82, 2.24) is 4.31 Å². The summed E-state index contributed by atoms with van der Waals surface area (Å²) in [5, 5.41) is 9.07. The van der Waals surface area contributed by atoms with E-state index in [1.54, 1.807) is 6.07 Å². The van der Waals surface area contributed by atoms with Crippen molar-refractivity contribution in [3.8, 4) is 0 Å². The van der Waals surface area contributed by atoms with Gasteiger partial charge in [-0.05, 0) is 11.1 Å². The zero-order chi connectivity index (χ0) is 14.6. The van der Waals surface area contributed by atoms with E-state index >= 15 is 0 Å². The number of nitrogens with zero attached hydrogens (tertiary/aromatic N) is 1. The van der Waals surface area contributed by atoms with Gasteiger partial charge in [-0.15, -0.1) is 0 Å². The molecule has 1 aromatic carbocycles. The molecule has 0 amide bonds. The Labute approximate surface area is 119 Å². The molecule has 3 N–H and O–H groups in total. The molecule has 1 fully saturated rings. The molecule has 112 valence electrons. The molecule has 0 radical (unpaired) electrons. The number of aliphatic hydroxyl groups excluding tert-OH is 1. The molecule has 0 aromatic heterocycles. The van der Waals surface area contributed by atoms with Gasteiger partial charge in [0.05, 0.1) is 25.1 Å². The van der Waals surface area contributed by atoms with Gasteiger partial charge >= 0.3 is 0 Å². The predicted molar refractivity (Wildman–Crippen MR) is 75.4 cm³/mol. The van der Waals surface area contributed by atoms with E-state index in [4.69, 9.17) is 15.6 Å². The molecule has 7 heteroatoms. The van der Waals surface area contributed by atoms with Crippen LogP contribution in [-0.4, -0.2) is 50.2 Å². The third-order valence-electron chi connectivity index (χ3n) is 3.27. The summed E-state index contributed by atoms with van der Waals surface area (Å²) in [5.74, 6) is -0.0566. The van der Waals surface area contributed by atoms with Gasteiger partial charge in [-0.25, -0.2) is 8.42 Å². The van der Waals surface area contributed by atoms with Crippen molar-refractivity contribution in [1.29, 1.82) is 0 Å². The molecule has 1 aliphatic rings. The van der Waals surface area contributed by atoms with E-state index in [1.807, 2.05) is 18.2 Å². The van der Waals surface area contributed by atoms with Crippen LogP contribution in [0.4, 0.5) is 0 Å². The van der Waals surface area contributed by atoms with Crippen LogP contribution in [0, 0.1) is 0 Å². The van der Waals surface area contributed by atoms with Gasteiger partial charge in [0.15, 0.2) is 0 Å². The minimum absolute atomic E-state index is 0.0566. The van der Waals surface area contributed by atoms with E-state index in [1.165, 1.54) is 4.31 Å². The molecule has 0 spiro atoms. The van der Waals surface area contributed by atoms with Gasteiger partial charge in [0.2, 0.25) is 10.0 Å². The number of sulfonamides is 1. The molecule has 1 unspecified atom stereocenters. The number of aliphatic hydroxyl groups is 1. The first-order chi connectivity index (χ1) is 9.55. The van der Waals surface area contributed by atoms with Gasteiger partial charge in [-0.3, -0.25) is 0 Å². The van der Waals surface area contributed by atoms with Crippen molar-refractivity contribution in [3.63, 3.8) is 0 Å². The second kappa shape index (κ2) is 6.64. The topological polar surface area (TPSA) is 92.9 Å². The number of rotatable bonds is 5. The SMILES string of the molecule is NCc1cccc(CS(=O)(=O)N2CCOC(CO)C2)c1. The molecule has 0 bridgehead atoms. The van der Waals surface area contributed by atoms with Gasteiger partial charge in [0.25, 0.3) is 0 Å². The highest BCUT2D eigenvalue weighted by Crippen LogP contribution is 2.16. The maximum atomic E-state index is 12.4. The van der Waals surface area contributed by atoms with Gasteiger partial charge in [-0.1, -0.05) is 24.3 Å². The summed E-state index contributed by atoms with van der Waals surface area (Å²) >= 11 is 0. The monoisotopic (exact) mass is 300 g/mol. The standard InChI is InChI=1S/C13H20N2O4S/c14-7-11-2-1-3-12(6-11)10-20(17,18)15-4-5-19-13(8-15)9-16/h1-3,6,13,16H,4-5,7-10,14H2. The third-order valence-corrected chi connectivity index (χ3v) is 5.09. The molecule has 6 nitrogen and oxygen atoms in total. The lowest BCUT2D eigenvalue weighted by molar-refractivity contribution is -0.0305. The lowest BCUT2D eigenvalue weighted by Crippen LogP contribution is -2.47. The molecule has 1 aromatic rings. The molecular formula is C13H20N2O4S. The summed E-state index contributed by atoms with van der Waals surface area (Å²) in [6.45, 7) is 1.06. The number of hydrogen-bond acceptors (Lipinski definition) is 5. The Kier molecular flexibility index (Phi) is 5.11. The Balaban J connectivity index is 2.10. The molecule has 1 saturated heterocycles. The Morgan fingerprint density at radius 2 is 2.15 bits per heavy atom.